The molecule has 0 atom stereocenters. The molecule has 2 aromatic carbocycles. The molecule has 0 aromatic heterocycles. The van der Waals surface area contributed by atoms with Crippen molar-refractivity contribution in [2.75, 3.05) is 26.2 Å². The minimum Gasteiger partial charge on any atom is -0.340 e. The van der Waals surface area contributed by atoms with Crippen LogP contribution in [0.4, 0.5) is 0 Å². The molecule has 0 bridgehead atoms. The van der Waals surface area contributed by atoms with Crippen LogP contribution in [0.15, 0.2) is 53.4 Å². The Morgan fingerprint density at radius 2 is 1.69 bits per heavy atom. The highest BCUT2D eigenvalue weighted by atomic mass is 35.5. The van der Waals surface area contributed by atoms with E-state index in [2.05, 4.69) is 0 Å². The van der Waals surface area contributed by atoms with Gasteiger partial charge in [-0.1, -0.05) is 41.4 Å². The van der Waals surface area contributed by atoms with Crippen molar-refractivity contribution in [2.45, 2.75) is 18.2 Å². The van der Waals surface area contributed by atoms with Crippen molar-refractivity contribution in [3.05, 3.63) is 64.7 Å². The smallest absolute Gasteiger partial charge is 0.243 e. The van der Waals surface area contributed by atoms with Crippen LogP contribution in [-0.4, -0.2) is 49.7 Å². The Bertz CT molecular complexity index is 889. The maximum atomic E-state index is 12.7. The fraction of sp³-hybridized carbons (Fsp3) is 0.316. The second-order valence-electron chi connectivity index (χ2n) is 6.40. The van der Waals surface area contributed by atoms with Crippen LogP contribution in [0.3, 0.4) is 0 Å². The Hall–Kier alpha value is -1.89. The zero-order chi connectivity index (χ0) is 18.7. The molecule has 1 saturated heterocycles. The van der Waals surface area contributed by atoms with E-state index in [0.29, 0.717) is 36.1 Å². The summed E-state index contributed by atoms with van der Waals surface area (Å²) >= 11 is 5.95. The van der Waals surface area contributed by atoms with E-state index in [1.54, 1.807) is 41.3 Å². The molecule has 7 heteroatoms. The molecular weight excluding hydrogens is 372 g/mol. The number of carbonyl (C=O) groups excluding carboxylic acids is 1. The van der Waals surface area contributed by atoms with Crippen molar-refractivity contribution >= 4 is 27.5 Å². The summed E-state index contributed by atoms with van der Waals surface area (Å²) in [6.07, 6.45) is 0.269. The molecule has 1 fully saturated rings. The lowest BCUT2D eigenvalue weighted by molar-refractivity contribution is -0.131. The average molecular weight is 393 g/mol. The third-order valence-electron chi connectivity index (χ3n) is 4.49. The zero-order valence-electron chi connectivity index (χ0n) is 14.6. The number of hydrogen-bond donors (Lipinski definition) is 0. The molecule has 1 aliphatic heterocycles. The normalized spacial score (nSPS) is 15.8. The first-order chi connectivity index (χ1) is 12.4. The topological polar surface area (TPSA) is 57.7 Å². The number of hydrogen-bond acceptors (Lipinski definition) is 3. The summed E-state index contributed by atoms with van der Waals surface area (Å²) < 4.78 is 26.9. The van der Waals surface area contributed by atoms with Crippen molar-refractivity contribution < 1.29 is 13.2 Å². The fourth-order valence-corrected chi connectivity index (χ4v) is 4.61. The van der Waals surface area contributed by atoms with Crippen molar-refractivity contribution in [3.8, 4) is 0 Å². The highest BCUT2D eigenvalue weighted by molar-refractivity contribution is 7.89. The second kappa shape index (κ2) is 7.78. The fourth-order valence-electron chi connectivity index (χ4n) is 2.97. The minimum atomic E-state index is -3.51. The van der Waals surface area contributed by atoms with Crippen LogP contribution in [0, 0.1) is 6.92 Å². The molecule has 26 heavy (non-hydrogen) atoms. The van der Waals surface area contributed by atoms with Gasteiger partial charge in [0.15, 0.2) is 0 Å². The highest BCUT2D eigenvalue weighted by Gasteiger charge is 2.29. The van der Waals surface area contributed by atoms with Gasteiger partial charge in [0.2, 0.25) is 15.9 Å². The zero-order valence-corrected chi connectivity index (χ0v) is 16.1. The summed E-state index contributed by atoms with van der Waals surface area (Å²) in [5.41, 5.74) is 1.87. The van der Waals surface area contributed by atoms with E-state index < -0.39 is 10.0 Å². The quantitative estimate of drug-likeness (QED) is 0.803. The van der Waals surface area contributed by atoms with Crippen LogP contribution in [0.2, 0.25) is 5.02 Å². The standard InChI is InChI=1S/C19H21ClN2O3S/c1-15-5-7-18(8-6-15)26(24,25)22-11-9-21(10-12-22)19(23)14-16-3-2-4-17(20)13-16/h2-8,13H,9-12,14H2,1H3. The predicted molar refractivity (Wildman–Crippen MR) is 102 cm³/mol. The number of halogens is 1. The molecule has 1 aliphatic rings. The Kier molecular flexibility index (Phi) is 5.65. The van der Waals surface area contributed by atoms with E-state index >= 15 is 0 Å². The number of nitrogens with zero attached hydrogens (tertiary/aromatic N) is 2. The Labute approximate surface area is 159 Å². The van der Waals surface area contributed by atoms with Gasteiger partial charge in [-0.15, -0.1) is 0 Å². The van der Waals surface area contributed by atoms with Crippen LogP contribution in [0.25, 0.3) is 0 Å². The Morgan fingerprint density at radius 1 is 1.04 bits per heavy atom. The molecule has 0 N–H and O–H groups in total. The minimum absolute atomic E-state index is 0.0142. The van der Waals surface area contributed by atoms with Crippen LogP contribution in [0.1, 0.15) is 11.1 Å². The third-order valence-corrected chi connectivity index (χ3v) is 6.64. The number of carbonyl (C=O) groups is 1. The van der Waals surface area contributed by atoms with Gasteiger partial charge in [-0.3, -0.25) is 4.79 Å². The molecule has 5 nitrogen and oxygen atoms in total. The SMILES string of the molecule is Cc1ccc(S(=O)(=O)N2CCN(C(=O)Cc3cccc(Cl)c3)CC2)cc1. The van der Waals surface area contributed by atoms with Crippen LogP contribution >= 0.6 is 11.6 Å². The number of piperazine rings is 1. The van der Waals surface area contributed by atoms with E-state index in [9.17, 15) is 13.2 Å². The second-order valence-corrected chi connectivity index (χ2v) is 8.78. The molecular formula is C19H21ClN2O3S. The van der Waals surface area contributed by atoms with Gasteiger partial charge >= 0.3 is 0 Å². The summed E-state index contributed by atoms with van der Waals surface area (Å²) in [6.45, 7) is 3.31. The molecule has 1 heterocycles. The highest BCUT2D eigenvalue weighted by Crippen LogP contribution is 2.19. The first-order valence-electron chi connectivity index (χ1n) is 8.45. The molecule has 0 spiro atoms. The number of amides is 1. The maximum absolute atomic E-state index is 12.7. The van der Waals surface area contributed by atoms with Crippen molar-refractivity contribution in [1.29, 1.82) is 0 Å². The summed E-state index contributed by atoms with van der Waals surface area (Å²) in [5, 5.41) is 0.601. The van der Waals surface area contributed by atoms with E-state index in [4.69, 9.17) is 11.6 Å². The number of sulfonamides is 1. The summed E-state index contributed by atoms with van der Waals surface area (Å²) in [4.78, 5) is 14.5. The van der Waals surface area contributed by atoms with Crippen LogP contribution in [-0.2, 0) is 21.2 Å². The van der Waals surface area contributed by atoms with E-state index in [1.165, 1.54) is 4.31 Å². The largest absolute Gasteiger partial charge is 0.340 e. The van der Waals surface area contributed by atoms with E-state index in [1.807, 2.05) is 19.1 Å². The van der Waals surface area contributed by atoms with Gasteiger partial charge in [-0.25, -0.2) is 8.42 Å². The monoisotopic (exact) mass is 392 g/mol. The molecule has 0 radical (unpaired) electrons. The van der Waals surface area contributed by atoms with Gasteiger partial charge in [0.1, 0.15) is 0 Å². The number of benzene rings is 2. The van der Waals surface area contributed by atoms with Gasteiger partial charge in [0, 0.05) is 31.2 Å². The van der Waals surface area contributed by atoms with Crippen molar-refractivity contribution in [3.63, 3.8) is 0 Å². The number of aryl methyl sites for hydroxylation is 1. The van der Waals surface area contributed by atoms with Gasteiger partial charge < -0.3 is 4.90 Å². The summed E-state index contributed by atoms with van der Waals surface area (Å²) in [5.74, 6) is -0.0142. The Balaban J connectivity index is 1.61. The van der Waals surface area contributed by atoms with Gasteiger partial charge in [0.25, 0.3) is 0 Å². The maximum Gasteiger partial charge on any atom is 0.243 e. The summed E-state index contributed by atoms with van der Waals surface area (Å²) in [6, 6.07) is 14.1. The van der Waals surface area contributed by atoms with Crippen LogP contribution < -0.4 is 0 Å². The van der Waals surface area contributed by atoms with Crippen molar-refractivity contribution in [2.24, 2.45) is 0 Å². The van der Waals surface area contributed by atoms with Crippen molar-refractivity contribution in [1.82, 2.24) is 9.21 Å². The van der Waals surface area contributed by atoms with Gasteiger partial charge in [-0.2, -0.15) is 4.31 Å². The molecule has 2 aromatic rings. The lowest BCUT2D eigenvalue weighted by Gasteiger charge is -2.34. The summed E-state index contributed by atoms with van der Waals surface area (Å²) in [7, 11) is -3.51. The first-order valence-corrected chi connectivity index (χ1v) is 10.3. The average Bonchev–Trinajstić information content (AvgIpc) is 2.62. The third kappa shape index (κ3) is 4.26. The van der Waals surface area contributed by atoms with Gasteiger partial charge in [0.05, 0.1) is 11.3 Å². The lowest BCUT2D eigenvalue weighted by atomic mass is 10.1. The molecule has 1 amide bonds. The van der Waals surface area contributed by atoms with Crippen LogP contribution in [0.5, 0.6) is 0 Å². The molecule has 0 aliphatic carbocycles. The number of rotatable bonds is 4. The predicted octanol–water partition coefficient (Wildman–Crippen LogP) is 2.72. The molecule has 3 rings (SSSR count). The first kappa shape index (κ1) is 18.9. The van der Waals surface area contributed by atoms with Gasteiger partial charge in [-0.05, 0) is 36.8 Å². The van der Waals surface area contributed by atoms with E-state index in [-0.39, 0.29) is 12.3 Å². The lowest BCUT2D eigenvalue weighted by Crippen LogP contribution is -2.50. The molecule has 0 saturated carbocycles. The molecule has 138 valence electrons. The van der Waals surface area contributed by atoms with E-state index in [0.717, 1.165) is 11.1 Å². The Morgan fingerprint density at radius 3 is 2.31 bits per heavy atom. The molecule has 0 unspecified atom stereocenters.